The van der Waals surface area contributed by atoms with Crippen LogP contribution in [-0.4, -0.2) is 18.8 Å². The fourth-order valence-corrected chi connectivity index (χ4v) is 2.23. The normalized spacial score (nSPS) is 29.5. The van der Waals surface area contributed by atoms with Crippen LogP contribution in [0.15, 0.2) is 30.3 Å². The third-order valence-electron chi connectivity index (χ3n) is 3.36. The first-order valence-electron chi connectivity index (χ1n) is 6.08. The first-order valence-corrected chi connectivity index (χ1v) is 6.08. The van der Waals surface area contributed by atoms with Gasteiger partial charge in [0.1, 0.15) is 0 Å². The van der Waals surface area contributed by atoms with Gasteiger partial charge < -0.3 is 9.47 Å². The van der Waals surface area contributed by atoms with Crippen LogP contribution in [-0.2, 0) is 16.1 Å². The molecule has 0 bridgehead atoms. The number of benzene rings is 1. The Kier molecular flexibility index (Phi) is 3.97. The second kappa shape index (κ2) is 5.46. The zero-order valence-corrected chi connectivity index (χ0v) is 10.1. The van der Waals surface area contributed by atoms with E-state index in [0.717, 1.165) is 13.0 Å². The molecule has 1 heterocycles. The Balaban J connectivity index is 1.83. The number of hydrogen-bond acceptors (Lipinski definition) is 2. The van der Waals surface area contributed by atoms with Gasteiger partial charge in [0.2, 0.25) is 0 Å². The molecular weight excluding hydrogens is 200 g/mol. The van der Waals surface area contributed by atoms with Crippen LogP contribution in [0.4, 0.5) is 0 Å². The van der Waals surface area contributed by atoms with Gasteiger partial charge in [-0.3, -0.25) is 0 Å². The van der Waals surface area contributed by atoms with Crippen molar-refractivity contribution in [3.63, 3.8) is 0 Å². The van der Waals surface area contributed by atoms with Crippen LogP contribution in [0.1, 0.15) is 25.8 Å². The SMILES string of the molecule is CCC1OC[C@@H](OCc2ccccc2)[C@H]1C. The molecule has 3 atom stereocenters. The number of hydrogen-bond donors (Lipinski definition) is 0. The van der Waals surface area contributed by atoms with E-state index in [4.69, 9.17) is 9.47 Å². The molecule has 0 aliphatic carbocycles. The standard InChI is InChI=1S/C14H20O2/c1-3-13-11(2)14(10-16-13)15-9-12-7-5-4-6-8-12/h4-8,11,13-14H,3,9-10H2,1-2H3/t11-,13?,14+/m0/s1. The molecule has 0 N–H and O–H groups in total. The predicted molar refractivity (Wildman–Crippen MR) is 64.2 cm³/mol. The Labute approximate surface area is 97.6 Å². The lowest BCUT2D eigenvalue weighted by Crippen LogP contribution is -2.23. The molecule has 1 saturated heterocycles. The van der Waals surface area contributed by atoms with Crippen molar-refractivity contribution in [2.45, 2.75) is 39.1 Å². The van der Waals surface area contributed by atoms with Gasteiger partial charge in [-0.2, -0.15) is 0 Å². The van der Waals surface area contributed by atoms with E-state index >= 15 is 0 Å². The van der Waals surface area contributed by atoms with Gasteiger partial charge in [-0.1, -0.05) is 44.2 Å². The Bertz CT molecular complexity index is 310. The summed E-state index contributed by atoms with van der Waals surface area (Å²) in [6.07, 6.45) is 1.71. The lowest BCUT2D eigenvalue weighted by Gasteiger charge is -2.17. The zero-order valence-electron chi connectivity index (χ0n) is 10.1. The quantitative estimate of drug-likeness (QED) is 0.776. The largest absolute Gasteiger partial charge is 0.375 e. The van der Waals surface area contributed by atoms with Crippen LogP contribution in [0.25, 0.3) is 0 Å². The second-order valence-corrected chi connectivity index (χ2v) is 4.47. The van der Waals surface area contributed by atoms with Crippen molar-refractivity contribution in [3.05, 3.63) is 35.9 Å². The highest BCUT2D eigenvalue weighted by Crippen LogP contribution is 2.26. The predicted octanol–water partition coefficient (Wildman–Crippen LogP) is 3.02. The monoisotopic (exact) mass is 220 g/mol. The van der Waals surface area contributed by atoms with Gasteiger partial charge in [0.25, 0.3) is 0 Å². The molecule has 16 heavy (non-hydrogen) atoms. The molecule has 88 valence electrons. The highest BCUT2D eigenvalue weighted by Gasteiger charge is 2.33. The van der Waals surface area contributed by atoms with E-state index in [2.05, 4.69) is 26.0 Å². The number of ether oxygens (including phenoxy) is 2. The van der Waals surface area contributed by atoms with Gasteiger partial charge in [0.15, 0.2) is 0 Å². The summed E-state index contributed by atoms with van der Waals surface area (Å²) in [6.45, 7) is 5.82. The first-order chi connectivity index (χ1) is 7.81. The minimum absolute atomic E-state index is 0.255. The summed E-state index contributed by atoms with van der Waals surface area (Å²) in [6, 6.07) is 10.3. The molecule has 2 heteroatoms. The third kappa shape index (κ3) is 2.63. The van der Waals surface area contributed by atoms with Gasteiger partial charge in [-0.15, -0.1) is 0 Å². The molecule has 0 saturated carbocycles. The second-order valence-electron chi connectivity index (χ2n) is 4.47. The summed E-state index contributed by atoms with van der Waals surface area (Å²) in [5.41, 5.74) is 1.23. The maximum absolute atomic E-state index is 5.91. The molecule has 0 amide bonds. The lowest BCUT2D eigenvalue weighted by molar-refractivity contribution is 0.0174. The average molecular weight is 220 g/mol. The van der Waals surface area contributed by atoms with Gasteiger partial charge in [0.05, 0.1) is 25.4 Å². The van der Waals surface area contributed by atoms with Gasteiger partial charge in [0, 0.05) is 5.92 Å². The average Bonchev–Trinajstić information content (AvgIpc) is 2.69. The summed E-state index contributed by atoms with van der Waals surface area (Å²) in [7, 11) is 0. The van der Waals surface area contributed by atoms with Crippen LogP contribution in [0.2, 0.25) is 0 Å². The molecule has 1 aromatic carbocycles. The van der Waals surface area contributed by atoms with E-state index < -0.39 is 0 Å². The maximum atomic E-state index is 5.91. The summed E-state index contributed by atoms with van der Waals surface area (Å²) in [5.74, 6) is 0.508. The topological polar surface area (TPSA) is 18.5 Å². The van der Waals surface area contributed by atoms with E-state index in [1.54, 1.807) is 0 Å². The van der Waals surface area contributed by atoms with E-state index in [-0.39, 0.29) is 6.10 Å². The zero-order chi connectivity index (χ0) is 11.4. The minimum Gasteiger partial charge on any atom is -0.375 e. The van der Waals surface area contributed by atoms with Crippen molar-refractivity contribution in [2.24, 2.45) is 5.92 Å². The molecular formula is C14H20O2. The van der Waals surface area contributed by atoms with Crippen LogP contribution < -0.4 is 0 Å². The maximum Gasteiger partial charge on any atom is 0.0863 e. The van der Waals surface area contributed by atoms with Crippen molar-refractivity contribution in [2.75, 3.05) is 6.61 Å². The molecule has 0 aromatic heterocycles. The van der Waals surface area contributed by atoms with E-state index in [1.807, 2.05) is 18.2 Å². The van der Waals surface area contributed by atoms with Crippen LogP contribution in [0.5, 0.6) is 0 Å². The molecule has 2 nitrogen and oxygen atoms in total. The fourth-order valence-electron chi connectivity index (χ4n) is 2.23. The Morgan fingerprint density at radius 1 is 1.31 bits per heavy atom. The Hall–Kier alpha value is -0.860. The highest BCUT2D eigenvalue weighted by atomic mass is 16.6. The van der Waals surface area contributed by atoms with Crippen molar-refractivity contribution in [1.29, 1.82) is 0 Å². The molecule has 0 radical (unpaired) electrons. The first kappa shape index (κ1) is 11.6. The smallest absolute Gasteiger partial charge is 0.0863 e. The van der Waals surface area contributed by atoms with E-state index in [9.17, 15) is 0 Å². The lowest BCUT2D eigenvalue weighted by atomic mass is 10.00. The highest BCUT2D eigenvalue weighted by molar-refractivity contribution is 5.13. The molecule has 1 unspecified atom stereocenters. The van der Waals surface area contributed by atoms with Gasteiger partial charge in [-0.05, 0) is 12.0 Å². The van der Waals surface area contributed by atoms with Crippen molar-refractivity contribution < 1.29 is 9.47 Å². The third-order valence-corrected chi connectivity index (χ3v) is 3.36. The molecule has 1 aliphatic rings. The van der Waals surface area contributed by atoms with Gasteiger partial charge >= 0.3 is 0 Å². The van der Waals surface area contributed by atoms with Crippen LogP contribution in [0, 0.1) is 5.92 Å². The van der Waals surface area contributed by atoms with Crippen LogP contribution >= 0.6 is 0 Å². The molecule has 0 spiro atoms. The molecule has 2 rings (SSSR count). The van der Waals surface area contributed by atoms with Crippen LogP contribution in [0.3, 0.4) is 0 Å². The molecule has 1 fully saturated rings. The molecule has 1 aromatic rings. The summed E-state index contributed by atoms with van der Waals surface area (Å²) in [5, 5.41) is 0. The summed E-state index contributed by atoms with van der Waals surface area (Å²) in [4.78, 5) is 0. The van der Waals surface area contributed by atoms with Gasteiger partial charge in [-0.25, -0.2) is 0 Å². The van der Waals surface area contributed by atoms with Crippen molar-refractivity contribution in [3.8, 4) is 0 Å². The van der Waals surface area contributed by atoms with E-state index in [0.29, 0.717) is 18.6 Å². The van der Waals surface area contributed by atoms with Crippen molar-refractivity contribution in [1.82, 2.24) is 0 Å². The summed E-state index contributed by atoms with van der Waals surface area (Å²) < 4.78 is 11.6. The number of rotatable bonds is 4. The summed E-state index contributed by atoms with van der Waals surface area (Å²) >= 11 is 0. The fraction of sp³-hybridized carbons (Fsp3) is 0.571. The Morgan fingerprint density at radius 3 is 2.69 bits per heavy atom. The Morgan fingerprint density at radius 2 is 2.06 bits per heavy atom. The van der Waals surface area contributed by atoms with Crippen molar-refractivity contribution >= 4 is 0 Å². The minimum atomic E-state index is 0.255. The van der Waals surface area contributed by atoms with E-state index in [1.165, 1.54) is 5.56 Å². The molecule has 1 aliphatic heterocycles.